The Bertz CT molecular complexity index is 463. The quantitative estimate of drug-likeness (QED) is 0.803. The van der Waals surface area contributed by atoms with Gasteiger partial charge >= 0.3 is 0 Å². The predicted molar refractivity (Wildman–Crippen MR) is 105 cm³/mol. The van der Waals surface area contributed by atoms with Crippen LogP contribution in [0.2, 0.25) is 0 Å². The molecule has 1 aliphatic rings. The molecule has 1 aromatic carbocycles. The number of piperidine rings is 1. The monoisotopic (exact) mass is 375 g/mol. The zero-order chi connectivity index (χ0) is 15.9. The first-order valence-electron chi connectivity index (χ1n) is 8.37. The maximum absolute atomic E-state index is 12.1. The number of nitrogens with zero attached hydrogens (tertiary/aromatic N) is 1. The van der Waals surface area contributed by atoms with Crippen molar-refractivity contribution in [2.75, 3.05) is 13.1 Å². The fourth-order valence-corrected chi connectivity index (χ4v) is 3.00. The molecule has 1 heterocycles. The summed E-state index contributed by atoms with van der Waals surface area (Å²) in [6, 6.07) is 10.4. The zero-order valence-corrected chi connectivity index (χ0v) is 16.2. The first-order chi connectivity index (χ1) is 10.5. The van der Waals surface area contributed by atoms with E-state index in [1.54, 1.807) is 0 Å². The lowest BCUT2D eigenvalue weighted by Crippen LogP contribution is -2.49. The highest BCUT2D eigenvalue weighted by Gasteiger charge is 2.23. The molecule has 3 N–H and O–H groups in total. The van der Waals surface area contributed by atoms with E-state index in [9.17, 15) is 4.79 Å². The van der Waals surface area contributed by atoms with Crippen molar-refractivity contribution >= 4 is 30.7 Å². The van der Waals surface area contributed by atoms with E-state index in [0.29, 0.717) is 5.92 Å². The van der Waals surface area contributed by atoms with Gasteiger partial charge in [0.25, 0.3) is 0 Å². The Balaban J connectivity index is 0.00000264. The van der Waals surface area contributed by atoms with Crippen LogP contribution in [0, 0.1) is 5.92 Å². The molecule has 0 unspecified atom stereocenters. The first-order valence-corrected chi connectivity index (χ1v) is 8.37. The molecule has 0 saturated carbocycles. The number of rotatable bonds is 6. The number of halogens is 2. The first kappa shape index (κ1) is 23.2. The lowest BCUT2D eigenvalue weighted by molar-refractivity contribution is -0.123. The fraction of sp³-hybridized carbons (Fsp3) is 0.611. The topological polar surface area (TPSA) is 58.4 Å². The maximum Gasteiger partial charge on any atom is 0.237 e. The van der Waals surface area contributed by atoms with Crippen LogP contribution in [0.1, 0.15) is 38.7 Å². The Labute approximate surface area is 158 Å². The number of nitrogens with one attached hydrogen (secondary N) is 1. The van der Waals surface area contributed by atoms with E-state index >= 15 is 0 Å². The van der Waals surface area contributed by atoms with Crippen LogP contribution < -0.4 is 11.1 Å². The third-order valence-corrected chi connectivity index (χ3v) is 4.25. The molecule has 4 nitrogen and oxygen atoms in total. The summed E-state index contributed by atoms with van der Waals surface area (Å²) in [5, 5.41) is 3.12. The molecule has 1 aliphatic heterocycles. The summed E-state index contributed by atoms with van der Waals surface area (Å²) in [5.41, 5.74) is 7.29. The summed E-state index contributed by atoms with van der Waals surface area (Å²) in [7, 11) is 0. The highest BCUT2D eigenvalue weighted by molar-refractivity contribution is 5.85. The summed E-state index contributed by atoms with van der Waals surface area (Å²) < 4.78 is 0. The van der Waals surface area contributed by atoms with Gasteiger partial charge in [0.1, 0.15) is 0 Å². The van der Waals surface area contributed by atoms with Gasteiger partial charge in [-0.3, -0.25) is 9.69 Å². The molecule has 0 spiro atoms. The Morgan fingerprint density at radius 1 is 1.21 bits per heavy atom. The van der Waals surface area contributed by atoms with Gasteiger partial charge in [-0.15, -0.1) is 24.8 Å². The Kier molecular flexibility index (Phi) is 11.3. The minimum Gasteiger partial charge on any atom is -0.352 e. The molecule has 1 aromatic rings. The lowest BCUT2D eigenvalue weighted by atomic mass is 10.0. The molecular weight excluding hydrogens is 345 g/mol. The molecule has 1 saturated heterocycles. The number of nitrogens with two attached hydrogens (primary N) is 1. The van der Waals surface area contributed by atoms with Crippen molar-refractivity contribution < 1.29 is 4.79 Å². The number of carbonyl (C=O) groups excluding carboxylic acids is 1. The third-order valence-electron chi connectivity index (χ3n) is 4.25. The molecule has 0 radical (unpaired) electrons. The zero-order valence-electron chi connectivity index (χ0n) is 14.6. The standard InChI is InChI=1S/C18H29N3O.2ClH/c1-14(2)12-17(19)18(22)20-16-8-10-21(11-9-16)13-15-6-4-3-5-7-15;;/h3-7,14,16-17H,8-13,19H2,1-2H3,(H,20,22);2*1H/t17-;;/m0../s1. The third kappa shape index (κ3) is 7.84. The number of hydrogen-bond donors (Lipinski definition) is 2. The second-order valence-electron chi connectivity index (χ2n) is 6.78. The van der Waals surface area contributed by atoms with Gasteiger partial charge in [0.05, 0.1) is 6.04 Å². The number of hydrogen-bond acceptors (Lipinski definition) is 3. The van der Waals surface area contributed by atoms with Gasteiger partial charge in [-0.2, -0.15) is 0 Å². The van der Waals surface area contributed by atoms with Gasteiger partial charge in [-0.05, 0) is 30.7 Å². The van der Waals surface area contributed by atoms with E-state index in [0.717, 1.165) is 38.9 Å². The molecule has 138 valence electrons. The average Bonchev–Trinajstić information content (AvgIpc) is 2.49. The molecular formula is C18H31Cl2N3O. The second-order valence-corrected chi connectivity index (χ2v) is 6.78. The number of amides is 1. The summed E-state index contributed by atoms with van der Waals surface area (Å²) in [6.07, 6.45) is 2.76. The van der Waals surface area contributed by atoms with Crippen LogP contribution in [0.4, 0.5) is 0 Å². The van der Waals surface area contributed by atoms with Crippen molar-refractivity contribution in [3.05, 3.63) is 35.9 Å². The van der Waals surface area contributed by atoms with Crippen LogP contribution >= 0.6 is 24.8 Å². The SMILES string of the molecule is CC(C)C[C@H](N)C(=O)NC1CCN(Cc2ccccc2)CC1.Cl.Cl. The summed E-state index contributed by atoms with van der Waals surface area (Å²) >= 11 is 0. The van der Waals surface area contributed by atoms with E-state index in [1.165, 1.54) is 5.56 Å². The van der Waals surface area contributed by atoms with Gasteiger partial charge in [0.15, 0.2) is 0 Å². The Hall–Kier alpha value is -0.810. The van der Waals surface area contributed by atoms with Crippen LogP contribution in [-0.4, -0.2) is 36.0 Å². The van der Waals surface area contributed by atoms with Gasteiger partial charge in [0.2, 0.25) is 5.91 Å². The fourth-order valence-electron chi connectivity index (χ4n) is 3.00. The van der Waals surface area contributed by atoms with Crippen molar-refractivity contribution in [1.29, 1.82) is 0 Å². The molecule has 0 aromatic heterocycles. The van der Waals surface area contributed by atoms with E-state index in [-0.39, 0.29) is 42.8 Å². The largest absolute Gasteiger partial charge is 0.352 e. The van der Waals surface area contributed by atoms with E-state index < -0.39 is 0 Å². The van der Waals surface area contributed by atoms with Gasteiger partial charge < -0.3 is 11.1 Å². The van der Waals surface area contributed by atoms with E-state index in [2.05, 4.69) is 48.3 Å². The normalized spacial score (nSPS) is 16.8. The molecule has 2 rings (SSSR count). The summed E-state index contributed by atoms with van der Waals surface area (Å²) in [6.45, 7) is 7.23. The van der Waals surface area contributed by atoms with Crippen molar-refractivity contribution in [2.24, 2.45) is 11.7 Å². The molecule has 0 aliphatic carbocycles. The van der Waals surface area contributed by atoms with Crippen LogP contribution in [0.5, 0.6) is 0 Å². The number of benzene rings is 1. The van der Waals surface area contributed by atoms with E-state index in [4.69, 9.17) is 5.73 Å². The van der Waals surface area contributed by atoms with Gasteiger partial charge in [0, 0.05) is 25.7 Å². The maximum atomic E-state index is 12.1. The van der Waals surface area contributed by atoms with Gasteiger partial charge in [-0.25, -0.2) is 0 Å². The van der Waals surface area contributed by atoms with Crippen LogP contribution in [0.25, 0.3) is 0 Å². The van der Waals surface area contributed by atoms with E-state index in [1.807, 2.05) is 6.07 Å². The predicted octanol–water partition coefficient (Wildman–Crippen LogP) is 2.98. The number of carbonyl (C=O) groups is 1. The minimum atomic E-state index is -0.373. The van der Waals surface area contributed by atoms with Crippen LogP contribution in [0.3, 0.4) is 0 Å². The highest BCUT2D eigenvalue weighted by atomic mass is 35.5. The van der Waals surface area contributed by atoms with Crippen molar-refractivity contribution in [1.82, 2.24) is 10.2 Å². The van der Waals surface area contributed by atoms with Crippen LogP contribution in [0.15, 0.2) is 30.3 Å². The molecule has 24 heavy (non-hydrogen) atoms. The number of likely N-dealkylation sites (tertiary alicyclic amines) is 1. The average molecular weight is 376 g/mol. The van der Waals surface area contributed by atoms with Crippen molar-refractivity contribution in [2.45, 2.75) is 51.7 Å². The molecule has 1 atom stereocenters. The molecule has 1 amide bonds. The summed E-state index contributed by atoms with van der Waals surface area (Å²) in [5.74, 6) is 0.462. The van der Waals surface area contributed by atoms with Gasteiger partial charge in [-0.1, -0.05) is 44.2 Å². The van der Waals surface area contributed by atoms with Crippen LogP contribution in [-0.2, 0) is 11.3 Å². The summed E-state index contributed by atoms with van der Waals surface area (Å²) in [4.78, 5) is 14.5. The highest BCUT2D eigenvalue weighted by Crippen LogP contribution is 2.14. The smallest absolute Gasteiger partial charge is 0.237 e. The lowest BCUT2D eigenvalue weighted by Gasteiger charge is -2.33. The van der Waals surface area contributed by atoms with Crippen molar-refractivity contribution in [3.63, 3.8) is 0 Å². The minimum absolute atomic E-state index is 0. The van der Waals surface area contributed by atoms with Crippen molar-refractivity contribution in [3.8, 4) is 0 Å². The molecule has 6 heteroatoms. The second kappa shape index (κ2) is 11.7. The molecule has 0 bridgehead atoms. The Morgan fingerprint density at radius 2 is 1.79 bits per heavy atom. The Morgan fingerprint density at radius 3 is 2.33 bits per heavy atom. The molecule has 1 fully saturated rings.